The third kappa shape index (κ3) is 31.9. The van der Waals surface area contributed by atoms with Crippen LogP contribution in [0.25, 0.3) is 0 Å². The van der Waals surface area contributed by atoms with Crippen LogP contribution in [-0.4, -0.2) is 149 Å². The number of aliphatic carboxylic acids is 2. The smallest absolute Gasteiger partial charge is 0.326 e. The molecule has 0 bridgehead atoms. The highest BCUT2D eigenvalue weighted by Crippen LogP contribution is 2.17. The Hall–Kier alpha value is -5.80. The minimum Gasteiger partial charge on any atom is -0.481 e. The summed E-state index contributed by atoms with van der Waals surface area (Å²) in [6.07, 6.45) is 3.08. The van der Waals surface area contributed by atoms with E-state index in [2.05, 4.69) is 26.0 Å². The number of ketones is 2. The zero-order chi connectivity index (χ0) is 51.7. The third-order valence-corrected chi connectivity index (χ3v) is 10.9. The minimum atomic E-state index is -1.40. The predicted molar refractivity (Wildman–Crippen MR) is 260 cm³/mol. The molecule has 0 aliphatic rings. The van der Waals surface area contributed by atoms with Crippen molar-refractivity contribution in [3.05, 3.63) is 71.8 Å². The number of hydrogen-bond donors (Lipinski definition) is 6. The first-order valence-corrected chi connectivity index (χ1v) is 24.6. The summed E-state index contributed by atoms with van der Waals surface area (Å²) >= 11 is 0. The second kappa shape index (κ2) is 39.9. The lowest BCUT2D eigenvalue weighted by atomic mass is 9.89. The number of carboxylic acids is 2. The second-order valence-corrected chi connectivity index (χ2v) is 16.7. The van der Waals surface area contributed by atoms with E-state index in [1.165, 1.54) is 0 Å². The molecule has 0 heterocycles. The topological polar surface area (TPSA) is 281 Å². The number of benzene rings is 2. The molecule has 2 aromatic carbocycles. The predicted octanol–water partition coefficient (Wildman–Crippen LogP) is 4.34. The van der Waals surface area contributed by atoms with Crippen molar-refractivity contribution in [2.75, 3.05) is 72.6 Å². The van der Waals surface area contributed by atoms with Crippen molar-refractivity contribution >= 4 is 47.8 Å². The van der Waals surface area contributed by atoms with E-state index in [-0.39, 0.29) is 88.0 Å². The number of hydrogen-bond acceptors (Lipinski definition) is 14. The van der Waals surface area contributed by atoms with Crippen molar-refractivity contribution < 1.29 is 77.0 Å². The van der Waals surface area contributed by atoms with Crippen LogP contribution in [0.5, 0.6) is 0 Å². The number of carboxylic acid groups (broad SMARTS) is 2. The summed E-state index contributed by atoms with van der Waals surface area (Å²) in [4.78, 5) is 98.8. The molecule has 4 atom stereocenters. The Morgan fingerprint density at radius 3 is 1.66 bits per heavy atom. The van der Waals surface area contributed by atoms with Crippen molar-refractivity contribution in [2.24, 2.45) is 5.92 Å². The van der Waals surface area contributed by atoms with E-state index in [9.17, 15) is 43.5 Å². The van der Waals surface area contributed by atoms with Gasteiger partial charge in [0.2, 0.25) is 11.8 Å². The summed E-state index contributed by atoms with van der Waals surface area (Å²) in [6, 6.07) is 15.6. The maximum absolute atomic E-state index is 14.0. The molecule has 396 valence electrons. The number of carbonyl (C=O) groups is 8. The molecule has 6 N–H and O–H groups in total. The van der Waals surface area contributed by atoms with Gasteiger partial charge < -0.3 is 59.9 Å². The number of Topliss-reactive ketones (excluding diaryl/α,β-unsaturated/α-hetero) is 2. The molecule has 71 heavy (non-hydrogen) atoms. The highest BCUT2D eigenvalue weighted by Gasteiger charge is 2.28. The van der Waals surface area contributed by atoms with Gasteiger partial charge in [0.05, 0.1) is 71.9 Å². The normalized spacial score (nSPS) is 12.7. The Labute approximate surface area is 416 Å². The van der Waals surface area contributed by atoms with Crippen LogP contribution in [0.15, 0.2) is 60.7 Å². The van der Waals surface area contributed by atoms with Gasteiger partial charge in [-0.1, -0.05) is 86.3 Å². The molecule has 0 saturated carbocycles. The minimum absolute atomic E-state index is 0.0354. The molecule has 0 aromatic heterocycles. The van der Waals surface area contributed by atoms with Gasteiger partial charge in [-0.25, -0.2) is 9.59 Å². The lowest BCUT2D eigenvalue weighted by Crippen LogP contribution is -2.49. The molecule has 2 aromatic rings. The Morgan fingerprint density at radius 2 is 1.11 bits per heavy atom. The maximum atomic E-state index is 14.0. The molecule has 20 heteroatoms. The quantitative estimate of drug-likeness (QED) is 0.0306. The number of amides is 4. The standard InChI is InChI=1S/C51H76N4O16/c1-2-66-27-28-68-31-32-70-34-33-69-30-29-67-26-25-52-49(62)41(35-39-15-9-7-10-16-39)37-45(58)44(36-40-17-11-8-12-18-40)53-46(59)20-14-6-4-3-5-13-19-42(57)21-22-43(50(63)64)54-51(65)55-47(71-38-56)23-24-48(60)61/h7-12,15-18,38,41,43-44,47H,2-6,13-14,19-37H2,1H3,(H,52,62)(H,53,59)(H,60,61)(H,63,64)(H2,54,55,65)/t41-,43+,44+,47-/m1/s1. The Morgan fingerprint density at radius 1 is 0.577 bits per heavy atom. The lowest BCUT2D eigenvalue weighted by Gasteiger charge is -2.22. The number of rotatable bonds is 45. The maximum Gasteiger partial charge on any atom is 0.326 e. The third-order valence-electron chi connectivity index (χ3n) is 10.9. The molecule has 0 spiro atoms. The number of carbonyl (C=O) groups excluding carboxylic acids is 6. The van der Waals surface area contributed by atoms with Crippen LogP contribution in [0.1, 0.15) is 102 Å². The van der Waals surface area contributed by atoms with Crippen LogP contribution in [0.2, 0.25) is 0 Å². The average Bonchev–Trinajstić information content (AvgIpc) is 3.35. The number of ether oxygens (including phenoxy) is 6. The zero-order valence-electron chi connectivity index (χ0n) is 41.2. The van der Waals surface area contributed by atoms with Crippen LogP contribution in [0, 0.1) is 5.92 Å². The van der Waals surface area contributed by atoms with Gasteiger partial charge in [-0.3, -0.25) is 28.8 Å². The van der Waals surface area contributed by atoms with Crippen molar-refractivity contribution in [1.29, 1.82) is 0 Å². The number of unbranched alkanes of at least 4 members (excludes halogenated alkanes) is 5. The average molecular weight is 1000 g/mol. The van der Waals surface area contributed by atoms with Gasteiger partial charge in [-0.2, -0.15) is 0 Å². The summed E-state index contributed by atoms with van der Waals surface area (Å²) in [6.45, 7) is 6.72. The van der Waals surface area contributed by atoms with E-state index in [4.69, 9.17) is 28.8 Å². The van der Waals surface area contributed by atoms with Gasteiger partial charge in [-0.15, -0.1) is 0 Å². The fourth-order valence-electron chi connectivity index (χ4n) is 7.16. The van der Waals surface area contributed by atoms with Gasteiger partial charge >= 0.3 is 18.0 Å². The van der Waals surface area contributed by atoms with Crippen LogP contribution >= 0.6 is 0 Å². The molecule has 2 rings (SSSR count). The first kappa shape index (κ1) is 61.3. The van der Waals surface area contributed by atoms with Crippen LogP contribution in [-0.2, 0) is 74.8 Å². The Bertz CT molecular complexity index is 1820. The van der Waals surface area contributed by atoms with E-state index in [1.807, 2.05) is 67.6 Å². The second-order valence-electron chi connectivity index (χ2n) is 16.7. The van der Waals surface area contributed by atoms with Gasteiger partial charge in [0.25, 0.3) is 6.47 Å². The molecule has 0 radical (unpaired) electrons. The van der Waals surface area contributed by atoms with E-state index >= 15 is 0 Å². The molecular weight excluding hydrogens is 925 g/mol. The molecule has 0 fully saturated rings. The molecular formula is C51H76N4O16. The summed E-state index contributed by atoms with van der Waals surface area (Å²) in [5.74, 6) is -4.19. The first-order valence-electron chi connectivity index (χ1n) is 24.6. The van der Waals surface area contributed by atoms with Crippen molar-refractivity contribution in [3.63, 3.8) is 0 Å². The Kier molecular flexibility index (Phi) is 34.4. The molecule has 0 unspecified atom stereocenters. The summed E-state index contributed by atoms with van der Waals surface area (Å²) in [7, 11) is 0. The lowest BCUT2D eigenvalue weighted by molar-refractivity contribution is -0.141. The van der Waals surface area contributed by atoms with Gasteiger partial charge in [0, 0.05) is 51.2 Å². The van der Waals surface area contributed by atoms with Gasteiger partial charge in [0.15, 0.2) is 12.0 Å². The van der Waals surface area contributed by atoms with E-state index in [0.29, 0.717) is 78.7 Å². The van der Waals surface area contributed by atoms with E-state index in [1.54, 1.807) is 0 Å². The van der Waals surface area contributed by atoms with E-state index < -0.39 is 48.6 Å². The summed E-state index contributed by atoms with van der Waals surface area (Å²) in [5, 5.41) is 28.6. The van der Waals surface area contributed by atoms with Crippen LogP contribution in [0.4, 0.5) is 4.79 Å². The molecule has 0 aliphatic heterocycles. The molecule has 0 saturated heterocycles. The largest absolute Gasteiger partial charge is 0.481 e. The fourth-order valence-corrected chi connectivity index (χ4v) is 7.16. The summed E-state index contributed by atoms with van der Waals surface area (Å²) in [5.41, 5.74) is 1.77. The zero-order valence-corrected chi connectivity index (χ0v) is 41.2. The molecule has 4 amide bonds. The van der Waals surface area contributed by atoms with Crippen LogP contribution < -0.4 is 21.3 Å². The monoisotopic (exact) mass is 1000 g/mol. The highest BCUT2D eigenvalue weighted by molar-refractivity contribution is 5.93. The van der Waals surface area contributed by atoms with Gasteiger partial charge in [0.1, 0.15) is 11.8 Å². The molecule has 0 aliphatic carbocycles. The Balaban J connectivity index is 1.76. The van der Waals surface area contributed by atoms with Crippen LogP contribution in [0.3, 0.4) is 0 Å². The van der Waals surface area contributed by atoms with Crippen molar-refractivity contribution in [2.45, 2.75) is 122 Å². The highest BCUT2D eigenvalue weighted by atomic mass is 16.6. The summed E-state index contributed by atoms with van der Waals surface area (Å²) < 4.78 is 31.9. The fraction of sp³-hybridized carbons (Fsp3) is 0.608. The van der Waals surface area contributed by atoms with Crippen molar-refractivity contribution in [3.8, 4) is 0 Å². The first-order chi connectivity index (χ1) is 34.4. The van der Waals surface area contributed by atoms with Gasteiger partial charge in [-0.05, 0) is 50.2 Å². The number of urea groups is 1. The SMILES string of the molecule is CCOCCOCCOCCOCCOCCNC(=O)[C@@H](CC(=O)[C@H](Cc1ccccc1)NC(=O)CCCCCCCCC(=O)CC[C@H](NC(=O)N[C@@H](CCC(=O)O)OC=O)C(=O)O)Cc1ccccc1. The number of nitrogens with one attached hydrogen (secondary N) is 4. The molecule has 20 nitrogen and oxygen atoms in total. The van der Waals surface area contributed by atoms with E-state index in [0.717, 1.165) is 36.8 Å². The van der Waals surface area contributed by atoms with Crippen molar-refractivity contribution in [1.82, 2.24) is 21.3 Å².